The van der Waals surface area contributed by atoms with Gasteiger partial charge in [-0.3, -0.25) is 14.9 Å². The molecule has 5 nitrogen and oxygen atoms in total. The molecule has 17 heavy (non-hydrogen) atoms. The number of nitro benzene ring substituents is 1. The van der Waals surface area contributed by atoms with Crippen LogP contribution < -0.4 is 4.74 Å². The number of carbonyl (C=O) groups excluding carboxylic acids is 1. The maximum absolute atomic E-state index is 10.9. The highest BCUT2D eigenvalue weighted by Gasteiger charge is 2.15. The van der Waals surface area contributed by atoms with Crippen molar-refractivity contribution in [2.75, 3.05) is 0 Å². The Bertz CT molecular complexity index is 606. The summed E-state index contributed by atoms with van der Waals surface area (Å²) in [6, 6.07) is 9.51. The van der Waals surface area contributed by atoms with Gasteiger partial charge in [0.15, 0.2) is 0 Å². The van der Waals surface area contributed by atoms with Gasteiger partial charge in [0.25, 0.3) is 5.69 Å². The molecule has 0 aliphatic rings. The lowest BCUT2D eigenvalue weighted by Gasteiger charge is -2.06. The monoisotopic (exact) mass is 231 g/mol. The lowest BCUT2D eigenvalue weighted by molar-refractivity contribution is -0.383. The van der Waals surface area contributed by atoms with Gasteiger partial charge in [-0.15, -0.1) is 0 Å². The average molecular weight is 231 g/mol. The topological polar surface area (TPSA) is 69.4 Å². The van der Waals surface area contributed by atoms with E-state index in [2.05, 4.69) is 0 Å². The van der Waals surface area contributed by atoms with Crippen LogP contribution in [0, 0.1) is 10.1 Å². The summed E-state index contributed by atoms with van der Waals surface area (Å²) >= 11 is 0. The van der Waals surface area contributed by atoms with Gasteiger partial charge in [0.2, 0.25) is 0 Å². The number of hydrogen-bond donors (Lipinski definition) is 0. The van der Waals surface area contributed by atoms with Crippen LogP contribution in [0.5, 0.6) is 5.75 Å². The van der Waals surface area contributed by atoms with Gasteiger partial charge in [-0.2, -0.15) is 0 Å². The van der Waals surface area contributed by atoms with E-state index in [4.69, 9.17) is 4.74 Å². The second-order valence-corrected chi connectivity index (χ2v) is 3.48. The van der Waals surface area contributed by atoms with Gasteiger partial charge in [-0.1, -0.05) is 18.2 Å². The zero-order valence-electron chi connectivity index (χ0n) is 9.04. The van der Waals surface area contributed by atoms with Gasteiger partial charge < -0.3 is 4.74 Å². The largest absolute Gasteiger partial charge is 0.426 e. The first-order valence-corrected chi connectivity index (χ1v) is 4.94. The number of rotatable bonds is 2. The molecule has 0 aliphatic heterocycles. The van der Waals surface area contributed by atoms with Gasteiger partial charge in [0.05, 0.1) is 10.3 Å². The van der Waals surface area contributed by atoms with Gasteiger partial charge >= 0.3 is 5.97 Å². The third-order valence-electron chi connectivity index (χ3n) is 2.31. The zero-order valence-corrected chi connectivity index (χ0v) is 9.04. The molecule has 2 rings (SSSR count). The third kappa shape index (κ3) is 2.08. The SMILES string of the molecule is CC(=O)Oc1ccc([N+](=O)[O-])c2ccccc12. The molecule has 0 spiro atoms. The molecule has 0 atom stereocenters. The molecule has 0 unspecified atom stereocenters. The van der Waals surface area contributed by atoms with E-state index in [1.54, 1.807) is 24.3 Å². The molecule has 0 N–H and O–H groups in total. The van der Waals surface area contributed by atoms with Crippen molar-refractivity contribution in [3.8, 4) is 5.75 Å². The van der Waals surface area contributed by atoms with Crippen LogP contribution in [0.4, 0.5) is 5.69 Å². The zero-order chi connectivity index (χ0) is 12.4. The number of fused-ring (bicyclic) bond motifs is 1. The Morgan fingerprint density at radius 3 is 2.41 bits per heavy atom. The summed E-state index contributed by atoms with van der Waals surface area (Å²) in [5, 5.41) is 11.9. The number of nitro groups is 1. The summed E-state index contributed by atoms with van der Waals surface area (Å²) in [6.45, 7) is 1.29. The number of benzene rings is 2. The normalized spacial score (nSPS) is 10.2. The fraction of sp³-hybridized carbons (Fsp3) is 0.0833. The first kappa shape index (κ1) is 11.1. The Morgan fingerprint density at radius 2 is 1.82 bits per heavy atom. The fourth-order valence-electron chi connectivity index (χ4n) is 1.66. The van der Waals surface area contributed by atoms with Gasteiger partial charge in [-0.05, 0) is 12.1 Å². The lowest BCUT2D eigenvalue weighted by atomic mass is 10.1. The van der Waals surface area contributed by atoms with Crippen molar-refractivity contribution in [2.24, 2.45) is 0 Å². The number of esters is 1. The second kappa shape index (κ2) is 4.21. The summed E-state index contributed by atoms with van der Waals surface area (Å²) in [4.78, 5) is 21.3. The van der Waals surface area contributed by atoms with Crippen LogP contribution in [0.3, 0.4) is 0 Å². The summed E-state index contributed by atoms with van der Waals surface area (Å²) in [7, 11) is 0. The summed E-state index contributed by atoms with van der Waals surface area (Å²) < 4.78 is 5.00. The van der Waals surface area contributed by atoms with Crippen LogP contribution in [-0.4, -0.2) is 10.9 Å². The molecule has 0 aliphatic carbocycles. The Labute approximate surface area is 96.8 Å². The van der Waals surface area contributed by atoms with Gasteiger partial charge in [-0.25, -0.2) is 0 Å². The first-order chi connectivity index (χ1) is 8.09. The van der Waals surface area contributed by atoms with E-state index in [1.807, 2.05) is 0 Å². The van der Waals surface area contributed by atoms with E-state index < -0.39 is 10.9 Å². The molecule has 2 aromatic carbocycles. The molecule has 0 fully saturated rings. The van der Waals surface area contributed by atoms with Crippen molar-refractivity contribution in [2.45, 2.75) is 6.92 Å². The lowest BCUT2D eigenvalue weighted by Crippen LogP contribution is -2.02. The number of ether oxygens (including phenoxy) is 1. The molecule has 0 radical (unpaired) electrons. The summed E-state index contributed by atoms with van der Waals surface area (Å²) in [5.74, 6) is -0.122. The van der Waals surface area contributed by atoms with Crippen molar-refractivity contribution in [1.29, 1.82) is 0 Å². The average Bonchev–Trinajstić information content (AvgIpc) is 2.28. The Kier molecular flexibility index (Phi) is 2.74. The molecule has 0 saturated carbocycles. The quantitative estimate of drug-likeness (QED) is 0.345. The molecular formula is C12H9NO4. The second-order valence-electron chi connectivity index (χ2n) is 3.48. The first-order valence-electron chi connectivity index (χ1n) is 4.94. The smallest absolute Gasteiger partial charge is 0.308 e. The third-order valence-corrected chi connectivity index (χ3v) is 2.31. The number of carbonyl (C=O) groups is 1. The molecule has 0 aromatic heterocycles. The highest BCUT2D eigenvalue weighted by atomic mass is 16.6. The van der Waals surface area contributed by atoms with Crippen LogP contribution in [0.2, 0.25) is 0 Å². The highest BCUT2D eigenvalue weighted by molar-refractivity contribution is 5.96. The highest BCUT2D eigenvalue weighted by Crippen LogP contribution is 2.32. The fourth-order valence-corrected chi connectivity index (χ4v) is 1.66. The van der Waals surface area contributed by atoms with Crippen LogP contribution in [0.1, 0.15) is 6.92 Å². The predicted octanol–water partition coefficient (Wildman–Crippen LogP) is 2.67. The summed E-state index contributed by atoms with van der Waals surface area (Å²) in [6.07, 6.45) is 0. The predicted molar refractivity (Wildman–Crippen MR) is 61.9 cm³/mol. The standard InChI is InChI=1S/C12H9NO4/c1-8(14)17-12-7-6-11(13(15)16)9-4-2-3-5-10(9)12/h2-7H,1H3. The minimum Gasteiger partial charge on any atom is -0.426 e. The molecular weight excluding hydrogens is 222 g/mol. The van der Waals surface area contributed by atoms with Crippen LogP contribution in [0.25, 0.3) is 10.8 Å². The van der Waals surface area contributed by atoms with Crippen LogP contribution in [0.15, 0.2) is 36.4 Å². The van der Waals surface area contributed by atoms with Crippen molar-refractivity contribution < 1.29 is 14.5 Å². The van der Waals surface area contributed by atoms with Gasteiger partial charge in [0.1, 0.15) is 5.75 Å². The molecule has 0 amide bonds. The van der Waals surface area contributed by atoms with Crippen molar-refractivity contribution in [3.63, 3.8) is 0 Å². The van der Waals surface area contributed by atoms with Crippen molar-refractivity contribution in [1.82, 2.24) is 0 Å². The Hall–Kier alpha value is -2.43. The summed E-state index contributed by atoms with van der Waals surface area (Å²) in [5.41, 5.74) is -0.00324. The Balaban J connectivity index is 2.70. The minimum atomic E-state index is -0.458. The minimum absolute atomic E-state index is 0.00324. The van der Waals surface area contributed by atoms with E-state index in [0.29, 0.717) is 16.5 Å². The molecule has 0 bridgehead atoms. The van der Waals surface area contributed by atoms with E-state index in [9.17, 15) is 14.9 Å². The van der Waals surface area contributed by atoms with E-state index in [1.165, 1.54) is 19.1 Å². The van der Waals surface area contributed by atoms with Crippen LogP contribution in [-0.2, 0) is 4.79 Å². The maximum atomic E-state index is 10.9. The molecule has 86 valence electrons. The molecule has 0 saturated heterocycles. The molecule has 5 heteroatoms. The molecule has 2 aromatic rings. The van der Waals surface area contributed by atoms with E-state index in [0.717, 1.165) is 0 Å². The van der Waals surface area contributed by atoms with E-state index >= 15 is 0 Å². The Morgan fingerprint density at radius 1 is 1.18 bits per heavy atom. The number of non-ortho nitro benzene ring substituents is 1. The molecule has 0 heterocycles. The van der Waals surface area contributed by atoms with Crippen LogP contribution >= 0.6 is 0 Å². The van der Waals surface area contributed by atoms with Crippen molar-refractivity contribution in [3.05, 3.63) is 46.5 Å². The number of nitrogens with zero attached hydrogens (tertiary/aromatic N) is 1. The maximum Gasteiger partial charge on any atom is 0.308 e. The van der Waals surface area contributed by atoms with Gasteiger partial charge in [0, 0.05) is 18.4 Å². The van der Waals surface area contributed by atoms with Crippen molar-refractivity contribution >= 4 is 22.4 Å². The van der Waals surface area contributed by atoms with E-state index in [-0.39, 0.29) is 5.69 Å². The number of hydrogen-bond acceptors (Lipinski definition) is 4.